The number of methoxy groups -OCH3 is 1. The molecule has 8 nitrogen and oxygen atoms in total. The van der Waals surface area contributed by atoms with Gasteiger partial charge in [0.2, 0.25) is 15.9 Å². The van der Waals surface area contributed by atoms with Crippen molar-refractivity contribution in [3.05, 3.63) is 45.9 Å². The molecule has 1 fully saturated rings. The molecule has 2 aromatic rings. The molecule has 2 aromatic carbocycles. The van der Waals surface area contributed by atoms with Crippen LogP contribution in [-0.4, -0.2) is 58.3 Å². The fourth-order valence-electron chi connectivity index (χ4n) is 4.08. The number of amides is 1. The van der Waals surface area contributed by atoms with E-state index in [-0.39, 0.29) is 40.2 Å². The molecule has 2 N–H and O–H groups in total. The van der Waals surface area contributed by atoms with Gasteiger partial charge in [-0.3, -0.25) is 9.69 Å². The Labute approximate surface area is 216 Å². The van der Waals surface area contributed by atoms with Crippen LogP contribution >= 0.6 is 23.2 Å². The summed E-state index contributed by atoms with van der Waals surface area (Å²) in [5.74, 6) is 1.61. The highest BCUT2D eigenvalue weighted by atomic mass is 35.5. The van der Waals surface area contributed by atoms with Crippen LogP contribution in [0.2, 0.25) is 10.0 Å². The largest absolute Gasteiger partial charge is 0.496 e. The Morgan fingerprint density at radius 2 is 1.89 bits per heavy atom. The van der Waals surface area contributed by atoms with Crippen molar-refractivity contribution in [1.29, 1.82) is 0 Å². The number of halogens is 2. The average Bonchev–Trinajstić information content (AvgIpc) is 2.75. The minimum atomic E-state index is -3.30. The van der Waals surface area contributed by atoms with Gasteiger partial charge >= 0.3 is 0 Å². The Hall–Kier alpha value is -2.04. The number of hydrogen-bond acceptors (Lipinski definition) is 6. The van der Waals surface area contributed by atoms with Gasteiger partial charge in [0.15, 0.2) is 5.75 Å². The van der Waals surface area contributed by atoms with Gasteiger partial charge in [0.1, 0.15) is 11.5 Å². The molecule has 0 spiro atoms. The summed E-state index contributed by atoms with van der Waals surface area (Å²) < 4.78 is 37.0. The topological polar surface area (TPSA) is 97.0 Å². The van der Waals surface area contributed by atoms with Crippen LogP contribution in [0.3, 0.4) is 0 Å². The van der Waals surface area contributed by atoms with E-state index in [1.807, 2.05) is 17.0 Å². The second-order valence-electron chi connectivity index (χ2n) is 8.94. The fourth-order valence-corrected chi connectivity index (χ4v) is 5.44. The van der Waals surface area contributed by atoms with Gasteiger partial charge in [0, 0.05) is 23.8 Å². The van der Waals surface area contributed by atoms with Crippen molar-refractivity contribution in [2.45, 2.75) is 38.6 Å². The lowest BCUT2D eigenvalue weighted by Crippen LogP contribution is -2.49. The van der Waals surface area contributed by atoms with E-state index in [0.29, 0.717) is 24.5 Å². The van der Waals surface area contributed by atoms with E-state index in [1.165, 1.54) is 0 Å². The van der Waals surface area contributed by atoms with Crippen LogP contribution in [0.15, 0.2) is 30.3 Å². The maximum absolute atomic E-state index is 12.6. The van der Waals surface area contributed by atoms with E-state index >= 15 is 0 Å². The highest BCUT2D eigenvalue weighted by Crippen LogP contribution is 2.40. The van der Waals surface area contributed by atoms with Gasteiger partial charge in [-0.2, -0.15) is 0 Å². The predicted molar refractivity (Wildman–Crippen MR) is 140 cm³/mol. The van der Waals surface area contributed by atoms with Crippen LogP contribution in [0, 0.1) is 0 Å². The molecular formula is C24H31Cl2N3O5S. The molecule has 1 aliphatic rings. The molecule has 0 aromatic heterocycles. The third-order valence-electron chi connectivity index (χ3n) is 5.58. The molecule has 1 heterocycles. The number of hydrogen-bond donors (Lipinski definition) is 2. The van der Waals surface area contributed by atoms with Gasteiger partial charge in [-0.05, 0) is 55.6 Å². The van der Waals surface area contributed by atoms with E-state index in [9.17, 15) is 13.2 Å². The molecule has 0 aliphatic carbocycles. The van der Waals surface area contributed by atoms with Crippen molar-refractivity contribution in [2.24, 2.45) is 0 Å². The van der Waals surface area contributed by atoms with Crippen molar-refractivity contribution in [1.82, 2.24) is 9.62 Å². The van der Waals surface area contributed by atoms with Crippen molar-refractivity contribution in [3.8, 4) is 17.2 Å². The summed E-state index contributed by atoms with van der Waals surface area (Å²) in [7, 11) is -1.67. The monoisotopic (exact) mass is 543 g/mol. The first-order valence-corrected chi connectivity index (χ1v) is 13.9. The lowest BCUT2D eigenvalue weighted by atomic mass is 10.0. The predicted octanol–water partition coefficient (Wildman–Crippen LogP) is 4.87. The van der Waals surface area contributed by atoms with Crippen LogP contribution in [0.5, 0.6) is 17.2 Å². The zero-order chi connectivity index (χ0) is 25.8. The summed E-state index contributed by atoms with van der Waals surface area (Å²) >= 11 is 12.9. The normalized spacial score (nSPS) is 16.8. The summed E-state index contributed by atoms with van der Waals surface area (Å²) in [4.78, 5) is 14.5. The fraction of sp³-hybridized carbons (Fsp3) is 0.458. The summed E-state index contributed by atoms with van der Waals surface area (Å²) in [6.07, 6.45) is 2.68. The first-order chi connectivity index (χ1) is 16.4. The number of anilines is 1. The standard InChI is InChI=1S/C24H31Cl2N3O5S/c1-15(2)19-12-18(7-8-22(19)33-3)34-24-20(25)10-17(11-21(24)26)27-23(30)14-29-9-5-6-16(13-29)28-35(4,31)32/h7-8,10-12,15-16,28H,5-6,9,13-14H2,1-4H3,(H,27,30)/t16-/m0/s1. The van der Waals surface area contributed by atoms with Gasteiger partial charge < -0.3 is 14.8 Å². The van der Waals surface area contributed by atoms with Crippen molar-refractivity contribution >= 4 is 44.8 Å². The van der Waals surface area contributed by atoms with Crippen molar-refractivity contribution in [2.75, 3.05) is 38.3 Å². The molecule has 1 saturated heterocycles. The molecule has 1 atom stereocenters. The minimum Gasteiger partial charge on any atom is -0.496 e. The number of nitrogens with one attached hydrogen (secondary N) is 2. The summed E-state index contributed by atoms with van der Waals surface area (Å²) in [5.41, 5.74) is 1.44. The molecule has 0 radical (unpaired) electrons. The van der Waals surface area contributed by atoms with E-state index in [4.69, 9.17) is 32.7 Å². The van der Waals surface area contributed by atoms with E-state index in [0.717, 1.165) is 30.4 Å². The Balaban J connectivity index is 1.65. The maximum Gasteiger partial charge on any atom is 0.238 e. The van der Waals surface area contributed by atoms with Gasteiger partial charge in [-0.1, -0.05) is 37.0 Å². The number of sulfonamides is 1. The zero-order valence-electron chi connectivity index (χ0n) is 20.2. The van der Waals surface area contributed by atoms with Gasteiger partial charge in [-0.15, -0.1) is 0 Å². The maximum atomic E-state index is 12.6. The summed E-state index contributed by atoms with van der Waals surface area (Å²) in [6.45, 7) is 5.43. The number of piperidine rings is 1. The number of likely N-dealkylation sites (tertiary alicyclic amines) is 1. The average molecular weight is 545 g/mol. The van der Waals surface area contributed by atoms with Crippen molar-refractivity contribution < 1.29 is 22.7 Å². The number of carbonyl (C=O) groups excluding carboxylic acids is 1. The third kappa shape index (κ3) is 7.98. The van der Waals surface area contributed by atoms with E-state index in [1.54, 1.807) is 25.3 Å². The van der Waals surface area contributed by atoms with Crippen LogP contribution < -0.4 is 19.5 Å². The number of rotatable bonds is 9. The second kappa shape index (κ2) is 11.8. The first kappa shape index (κ1) is 27.5. The van der Waals surface area contributed by atoms with Gasteiger partial charge in [0.05, 0.1) is 30.0 Å². The molecular weight excluding hydrogens is 513 g/mol. The molecule has 0 bridgehead atoms. The Bertz CT molecular complexity index is 1150. The molecule has 192 valence electrons. The smallest absolute Gasteiger partial charge is 0.238 e. The molecule has 35 heavy (non-hydrogen) atoms. The highest BCUT2D eigenvalue weighted by molar-refractivity contribution is 7.88. The first-order valence-electron chi connectivity index (χ1n) is 11.3. The van der Waals surface area contributed by atoms with Gasteiger partial charge in [0.25, 0.3) is 0 Å². The quantitative estimate of drug-likeness (QED) is 0.468. The number of nitrogens with zero attached hydrogens (tertiary/aromatic N) is 1. The Kier molecular flexibility index (Phi) is 9.28. The van der Waals surface area contributed by atoms with E-state index < -0.39 is 10.0 Å². The van der Waals surface area contributed by atoms with Crippen LogP contribution in [0.1, 0.15) is 38.2 Å². The molecule has 1 aliphatic heterocycles. The molecule has 0 saturated carbocycles. The molecule has 1 amide bonds. The number of carbonyl (C=O) groups is 1. The van der Waals surface area contributed by atoms with E-state index in [2.05, 4.69) is 23.9 Å². The number of ether oxygens (including phenoxy) is 2. The Morgan fingerprint density at radius 1 is 1.20 bits per heavy atom. The van der Waals surface area contributed by atoms with Crippen LogP contribution in [0.4, 0.5) is 5.69 Å². The summed E-state index contributed by atoms with van der Waals surface area (Å²) in [6, 6.07) is 8.45. The molecule has 11 heteroatoms. The highest BCUT2D eigenvalue weighted by Gasteiger charge is 2.24. The zero-order valence-corrected chi connectivity index (χ0v) is 22.6. The Morgan fingerprint density at radius 3 is 2.49 bits per heavy atom. The molecule has 0 unspecified atom stereocenters. The van der Waals surface area contributed by atoms with Crippen LogP contribution in [-0.2, 0) is 14.8 Å². The van der Waals surface area contributed by atoms with Gasteiger partial charge in [-0.25, -0.2) is 13.1 Å². The summed E-state index contributed by atoms with van der Waals surface area (Å²) in [5, 5.41) is 3.31. The van der Waals surface area contributed by atoms with Crippen LogP contribution in [0.25, 0.3) is 0 Å². The van der Waals surface area contributed by atoms with Crippen molar-refractivity contribution in [3.63, 3.8) is 0 Å². The second-order valence-corrected chi connectivity index (χ2v) is 11.5. The SMILES string of the molecule is COc1ccc(Oc2c(Cl)cc(NC(=O)CN3CCC[C@H](NS(C)(=O)=O)C3)cc2Cl)cc1C(C)C. The molecule has 3 rings (SSSR count). The lowest BCUT2D eigenvalue weighted by molar-refractivity contribution is -0.117. The third-order valence-corrected chi connectivity index (χ3v) is 6.90. The number of benzene rings is 2. The minimum absolute atomic E-state index is 0.124. The lowest BCUT2D eigenvalue weighted by Gasteiger charge is -2.32.